The number of halogens is 2. The van der Waals surface area contributed by atoms with Crippen molar-refractivity contribution in [2.45, 2.75) is 33.1 Å². The van der Waals surface area contributed by atoms with Crippen molar-refractivity contribution in [1.82, 2.24) is 14.6 Å². The molecule has 3 aromatic rings. The van der Waals surface area contributed by atoms with Crippen LogP contribution in [0.1, 0.15) is 42.4 Å². The first-order valence-electron chi connectivity index (χ1n) is 7.68. The third kappa shape index (κ3) is 3.10. The van der Waals surface area contributed by atoms with Gasteiger partial charge in [0.2, 0.25) is 0 Å². The van der Waals surface area contributed by atoms with E-state index in [1.165, 1.54) is 6.20 Å². The molecule has 0 saturated heterocycles. The van der Waals surface area contributed by atoms with Crippen molar-refractivity contribution in [2.75, 3.05) is 0 Å². The van der Waals surface area contributed by atoms with E-state index in [-0.39, 0.29) is 5.56 Å². The summed E-state index contributed by atoms with van der Waals surface area (Å²) in [6, 6.07) is 5.22. The average molecular weight is 378 g/mol. The van der Waals surface area contributed by atoms with Gasteiger partial charge >= 0.3 is 5.97 Å². The molecule has 0 aliphatic heterocycles. The molecule has 5 nitrogen and oxygen atoms in total. The van der Waals surface area contributed by atoms with Gasteiger partial charge in [-0.3, -0.25) is 0 Å². The maximum atomic E-state index is 11.7. The maximum Gasteiger partial charge on any atom is 0.337 e. The van der Waals surface area contributed by atoms with Crippen LogP contribution in [-0.4, -0.2) is 25.7 Å². The quantitative estimate of drug-likeness (QED) is 0.681. The van der Waals surface area contributed by atoms with Gasteiger partial charge in [0.1, 0.15) is 0 Å². The van der Waals surface area contributed by atoms with Crippen LogP contribution in [0.5, 0.6) is 0 Å². The van der Waals surface area contributed by atoms with Gasteiger partial charge in [0.25, 0.3) is 0 Å². The fraction of sp³-hybridized carbons (Fsp3) is 0.278. The first-order valence-corrected chi connectivity index (χ1v) is 8.43. The van der Waals surface area contributed by atoms with Gasteiger partial charge in [-0.05, 0) is 30.5 Å². The molecule has 0 unspecified atom stereocenters. The summed E-state index contributed by atoms with van der Waals surface area (Å²) >= 11 is 12.3. The molecule has 0 bridgehead atoms. The van der Waals surface area contributed by atoms with Crippen LogP contribution in [0.3, 0.4) is 0 Å². The standard InChI is InChI=1S/C18H17Cl2N3O2/c1-9-15(10-5-11(19)7-12(20)6-10)23-16(22-9)14(18(2,3)4)13(8-21-23)17(24)25/h5-8H,1-4H3,(H,24,25). The minimum atomic E-state index is -1.02. The summed E-state index contributed by atoms with van der Waals surface area (Å²) in [6.45, 7) is 7.71. The van der Waals surface area contributed by atoms with Crippen LogP contribution in [0.4, 0.5) is 0 Å². The zero-order valence-electron chi connectivity index (χ0n) is 14.3. The van der Waals surface area contributed by atoms with Crippen molar-refractivity contribution in [3.63, 3.8) is 0 Å². The Morgan fingerprint density at radius 3 is 2.28 bits per heavy atom. The number of carboxylic acids is 1. The molecule has 3 rings (SSSR count). The van der Waals surface area contributed by atoms with E-state index >= 15 is 0 Å². The highest BCUT2D eigenvalue weighted by molar-refractivity contribution is 6.35. The fourth-order valence-corrected chi connectivity index (χ4v) is 3.54. The van der Waals surface area contributed by atoms with Gasteiger partial charge in [-0.1, -0.05) is 44.0 Å². The molecule has 0 spiro atoms. The summed E-state index contributed by atoms with van der Waals surface area (Å²) in [4.78, 5) is 16.3. The van der Waals surface area contributed by atoms with Gasteiger partial charge in [-0.2, -0.15) is 5.10 Å². The SMILES string of the molecule is Cc1nc2c(C(C)(C)C)c(C(=O)O)cnn2c1-c1cc(Cl)cc(Cl)c1. The zero-order valence-corrected chi connectivity index (χ0v) is 15.8. The van der Waals surface area contributed by atoms with Crippen molar-refractivity contribution in [1.29, 1.82) is 0 Å². The lowest BCUT2D eigenvalue weighted by atomic mass is 9.85. The van der Waals surface area contributed by atoms with E-state index in [1.807, 2.05) is 27.7 Å². The number of rotatable bonds is 2. The van der Waals surface area contributed by atoms with E-state index in [1.54, 1.807) is 22.7 Å². The van der Waals surface area contributed by atoms with Gasteiger partial charge in [-0.15, -0.1) is 0 Å². The molecule has 1 aromatic carbocycles. The van der Waals surface area contributed by atoms with Crippen LogP contribution in [0, 0.1) is 6.92 Å². The molecule has 0 radical (unpaired) electrons. The molecular weight excluding hydrogens is 361 g/mol. The number of hydrogen-bond donors (Lipinski definition) is 1. The number of aryl methyl sites for hydroxylation is 1. The fourth-order valence-electron chi connectivity index (χ4n) is 3.02. The van der Waals surface area contributed by atoms with E-state index in [0.29, 0.717) is 21.3 Å². The van der Waals surface area contributed by atoms with Crippen molar-refractivity contribution in [3.05, 3.63) is 51.3 Å². The topological polar surface area (TPSA) is 67.5 Å². The van der Waals surface area contributed by atoms with Gasteiger partial charge in [-0.25, -0.2) is 14.3 Å². The smallest absolute Gasteiger partial charge is 0.337 e. The molecular formula is C18H17Cl2N3O2. The molecule has 2 aromatic heterocycles. The third-order valence-corrected chi connectivity index (χ3v) is 4.38. The number of imidazole rings is 1. The van der Waals surface area contributed by atoms with E-state index < -0.39 is 11.4 Å². The van der Waals surface area contributed by atoms with Gasteiger partial charge in [0.05, 0.1) is 23.1 Å². The van der Waals surface area contributed by atoms with Crippen LogP contribution in [0.25, 0.3) is 16.9 Å². The second-order valence-electron chi connectivity index (χ2n) is 6.93. The Morgan fingerprint density at radius 2 is 1.76 bits per heavy atom. The molecule has 0 aliphatic carbocycles. The first kappa shape index (κ1) is 17.7. The normalized spacial score (nSPS) is 11.9. The minimum absolute atomic E-state index is 0.153. The molecule has 0 saturated carbocycles. The lowest BCUT2D eigenvalue weighted by Gasteiger charge is -2.21. The highest BCUT2D eigenvalue weighted by Gasteiger charge is 2.28. The number of nitrogens with zero attached hydrogens (tertiary/aromatic N) is 3. The molecule has 1 N–H and O–H groups in total. The molecule has 2 heterocycles. The minimum Gasteiger partial charge on any atom is -0.478 e. The van der Waals surface area contributed by atoms with Gasteiger partial charge in [0.15, 0.2) is 5.65 Å². The number of carboxylic acid groups (broad SMARTS) is 1. The zero-order chi connectivity index (χ0) is 18.5. The van der Waals surface area contributed by atoms with Crippen molar-refractivity contribution in [2.24, 2.45) is 0 Å². The summed E-state index contributed by atoms with van der Waals surface area (Å²) in [7, 11) is 0. The van der Waals surface area contributed by atoms with Crippen molar-refractivity contribution < 1.29 is 9.90 Å². The lowest BCUT2D eigenvalue weighted by molar-refractivity contribution is 0.0693. The Bertz CT molecular complexity index is 983. The predicted molar refractivity (Wildman–Crippen MR) is 98.8 cm³/mol. The molecule has 25 heavy (non-hydrogen) atoms. The maximum absolute atomic E-state index is 11.7. The van der Waals surface area contributed by atoms with Crippen molar-refractivity contribution >= 4 is 34.8 Å². The third-order valence-electron chi connectivity index (χ3n) is 3.94. The monoisotopic (exact) mass is 377 g/mol. The molecule has 0 aliphatic rings. The largest absolute Gasteiger partial charge is 0.478 e. The molecule has 0 fully saturated rings. The summed E-state index contributed by atoms with van der Waals surface area (Å²) in [5.41, 5.74) is 3.13. The Labute approximate surface area is 155 Å². The second kappa shape index (κ2) is 6.00. The number of fused-ring (bicyclic) bond motifs is 1. The van der Waals surface area contributed by atoms with Crippen LogP contribution in [-0.2, 0) is 5.41 Å². The van der Waals surface area contributed by atoms with E-state index in [2.05, 4.69) is 10.1 Å². The van der Waals surface area contributed by atoms with Crippen LogP contribution in [0.15, 0.2) is 24.4 Å². The second-order valence-corrected chi connectivity index (χ2v) is 7.80. The summed E-state index contributed by atoms with van der Waals surface area (Å²) in [5.74, 6) is -1.02. The Hall–Kier alpha value is -2.11. The van der Waals surface area contributed by atoms with Crippen LogP contribution >= 0.6 is 23.2 Å². The summed E-state index contributed by atoms with van der Waals surface area (Å²) < 4.78 is 1.66. The number of hydrogen-bond acceptors (Lipinski definition) is 3. The highest BCUT2D eigenvalue weighted by Crippen LogP contribution is 2.34. The van der Waals surface area contributed by atoms with Crippen molar-refractivity contribution in [3.8, 4) is 11.3 Å². The number of aromatic nitrogens is 3. The lowest BCUT2D eigenvalue weighted by Crippen LogP contribution is -2.20. The molecule has 0 atom stereocenters. The highest BCUT2D eigenvalue weighted by atomic mass is 35.5. The Morgan fingerprint density at radius 1 is 1.16 bits per heavy atom. The van der Waals surface area contributed by atoms with Crippen LogP contribution in [0.2, 0.25) is 10.0 Å². The van der Waals surface area contributed by atoms with Crippen LogP contribution < -0.4 is 0 Å². The van der Waals surface area contributed by atoms with Gasteiger partial charge in [0, 0.05) is 21.2 Å². The molecule has 7 heteroatoms. The number of aromatic carboxylic acids is 1. The Kier molecular flexibility index (Phi) is 4.25. The molecule has 0 amide bonds. The summed E-state index contributed by atoms with van der Waals surface area (Å²) in [6.07, 6.45) is 1.37. The Balaban J connectivity index is 2.41. The van der Waals surface area contributed by atoms with E-state index in [4.69, 9.17) is 23.2 Å². The number of carbonyl (C=O) groups is 1. The van der Waals surface area contributed by atoms with E-state index in [0.717, 1.165) is 17.0 Å². The predicted octanol–water partition coefficient (Wildman–Crippen LogP) is 5.01. The first-order chi connectivity index (χ1) is 11.6. The average Bonchev–Trinajstić information content (AvgIpc) is 2.79. The molecule has 130 valence electrons. The van der Waals surface area contributed by atoms with E-state index in [9.17, 15) is 9.90 Å². The summed E-state index contributed by atoms with van der Waals surface area (Å²) in [5, 5.41) is 14.9. The van der Waals surface area contributed by atoms with Gasteiger partial charge < -0.3 is 5.11 Å². The number of benzene rings is 1.